The summed E-state index contributed by atoms with van der Waals surface area (Å²) in [6, 6.07) is 0.0415. The summed E-state index contributed by atoms with van der Waals surface area (Å²) in [4.78, 5) is 23.0. The molecular formula is C14H21N5O. The van der Waals surface area contributed by atoms with Gasteiger partial charge in [0.2, 0.25) is 5.91 Å². The van der Waals surface area contributed by atoms with E-state index in [-0.39, 0.29) is 11.9 Å². The van der Waals surface area contributed by atoms with Crippen molar-refractivity contribution in [2.75, 3.05) is 25.5 Å². The fourth-order valence-electron chi connectivity index (χ4n) is 3.13. The van der Waals surface area contributed by atoms with Crippen molar-refractivity contribution in [2.24, 2.45) is 0 Å². The van der Waals surface area contributed by atoms with E-state index in [1.165, 1.54) is 0 Å². The Morgan fingerprint density at radius 3 is 3.05 bits per heavy atom. The lowest BCUT2D eigenvalue weighted by atomic mass is 10.1. The Morgan fingerprint density at radius 2 is 2.30 bits per heavy atom. The molecule has 0 aromatic carbocycles. The zero-order chi connectivity index (χ0) is 14.1. The number of fused-ring (bicyclic) bond motifs is 1. The van der Waals surface area contributed by atoms with Crippen LogP contribution in [0.15, 0.2) is 0 Å². The van der Waals surface area contributed by atoms with Crippen LogP contribution in [0.2, 0.25) is 0 Å². The fraction of sp³-hybridized carbons (Fsp3) is 0.643. The van der Waals surface area contributed by atoms with Crippen LogP contribution in [0.3, 0.4) is 0 Å². The van der Waals surface area contributed by atoms with Gasteiger partial charge in [-0.15, -0.1) is 0 Å². The normalized spacial score (nSPS) is 21.7. The van der Waals surface area contributed by atoms with Gasteiger partial charge in [-0.05, 0) is 12.8 Å². The topological polar surface area (TPSA) is 70.2 Å². The van der Waals surface area contributed by atoms with Crippen LogP contribution in [-0.2, 0) is 17.8 Å². The molecule has 3 rings (SSSR count). The smallest absolute Gasteiger partial charge is 0.220 e. The Labute approximate surface area is 119 Å². The Morgan fingerprint density at radius 1 is 1.45 bits per heavy atom. The number of amides is 1. The second-order valence-corrected chi connectivity index (χ2v) is 5.40. The molecule has 20 heavy (non-hydrogen) atoms. The molecule has 1 fully saturated rings. The van der Waals surface area contributed by atoms with Gasteiger partial charge in [-0.25, -0.2) is 9.97 Å². The van der Waals surface area contributed by atoms with Gasteiger partial charge in [0, 0.05) is 45.6 Å². The number of carbonyl (C=O) groups is 1. The van der Waals surface area contributed by atoms with Crippen LogP contribution in [0.1, 0.15) is 42.9 Å². The first-order chi connectivity index (χ1) is 9.70. The van der Waals surface area contributed by atoms with Gasteiger partial charge < -0.3 is 15.5 Å². The van der Waals surface area contributed by atoms with E-state index in [2.05, 4.69) is 15.6 Å². The summed E-state index contributed by atoms with van der Waals surface area (Å²) in [5.74, 6) is 1.80. The maximum Gasteiger partial charge on any atom is 0.220 e. The van der Waals surface area contributed by atoms with Crippen LogP contribution < -0.4 is 10.6 Å². The van der Waals surface area contributed by atoms with E-state index >= 15 is 0 Å². The molecule has 1 aromatic rings. The summed E-state index contributed by atoms with van der Waals surface area (Å²) in [6.45, 7) is 4.21. The van der Waals surface area contributed by atoms with Gasteiger partial charge in [0.1, 0.15) is 5.82 Å². The Hall–Kier alpha value is -1.69. The number of nitrogens with one attached hydrogen (secondary N) is 2. The molecule has 6 heteroatoms. The van der Waals surface area contributed by atoms with E-state index in [1.807, 2.05) is 11.9 Å². The van der Waals surface area contributed by atoms with Crippen molar-refractivity contribution in [2.45, 2.75) is 38.8 Å². The van der Waals surface area contributed by atoms with Gasteiger partial charge in [-0.2, -0.15) is 0 Å². The lowest BCUT2D eigenvalue weighted by Crippen LogP contribution is -2.31. The van der Waals surface area contributed by atoms with Crippen LogP contribution in [-0.4, -0.2) is 40.9 Å². The van der Waals surface area contributed by atoms with Crippen molar-refractivity contribution < 1.29 is 4.79 Å². The lowest BCUT2D eigenvalue weighted by molar-refractivity contribution is -0.129. The minimum Gasteiger partial charge on any atom is -0.373 e. The summed E-state index contributed by atoms with van der Waals surface area (Å²) in [7, 11) is 1.89. The Bertz CT molecular complexity index is 513. The van der Waals surface area contributed by atoms with Gasteiger partial charge in [0.15, 0.2) is 5.82 Å². The average Bonchev–Trinajstić information content (AvgIpc) is 2.95. The van der Waals surface area contributed by atoms with E-state index in [1.54, 1.807) is 6.92 Å². The number of rotatable bonds is 2. The molecule has 1 atom stereocenters. The fourth-order valence-corrected chi connectivity index (χ4v) is 3.13. The molecule has 0 bridgehead atoms. The molecule has 3 heterocycles. The number of carbonyl (C=O) groups excluding carboxylic acids is 1. The molecule has 0 unspecified atom stereocenters. The third-order valence-corrected chi connectivity index (χ3v) is 4.14. The van der Waals surface area contributed by atoms with Gasteiger partial charge in [0.25, 0.3) is 0 Å². The zero-order valence-electron chi connectivity index (χ0n) is 12.1. The Kier molecular flexibility index (Phi) is 3.56. The van der Waals surface area contributed by atoms with Crippen molar-refractivity contribution >= 4 is 11.7 Å². The summed E-state index contributed by atoms with van der Waals surface area (Å²) in [5.41, 5.74) is 2.28. The van der Waals surface area contributed by atoms with Crippen molar-refractivity contribution in [3.05, 3.63) is 17.1 Å². The maximum atomic E-state index is 11.7. The van der Waals surface area contributed by atoms with Crippen molar-refractivity contribution in [1.29, 1.82) is 0 Å². The third-order valence-electron chi connectivity index (χ3n) is 4.14. The molecule has 2 aliphatic heterocycles. The first-order valence-electron chi connectivity index (χ1n) is 7.26. The molecule has 6 nitrogen and oxygen atoms in total. The second kappa shape index (κ2) is 5.36. The summed E-state index contributed by atoms with van der Waals surface area (Å²) < 4.78 is 0. The van der Waals surface area contributed by atoms with Gasteiger partial charge in [0.05, 0.1) is 11.7 Å². The van der Waals surface area contributed by atoms with Gasteiger partial charge in [-0.3, -0.25) is 4.79 Å². The van der Waals surface area contributed by atoms with E-state index in [0.29, 0.717) is 0 Å². The number of nitrogens with zero attached hydrogens (tertiary/aromatic N) is 3. The molecule has 2 aliphatic rings. The molecule has 0 saturated carbocycles. The highest BCUT2D eigenvalue weighted by Crippen LogP contribution is 2.32. The molecule has 1 amide bonds. The van der Waals surface area contributed by atoms with E-state index in [0.717, 1.165) is 61.8 Å². The molecule has 0 radical (unpaired) electrons. The average molecular weight is 275 g/mol. The Balaban J connectivity index is 1.99. The highest BCUT2D eigenvalue weighted by molar-refractivity contribution is 5.74. The molecule has 2 N–H and O–H groups in total. The molecule has 1 aromatic heterocycles. The molecular weight excluding hydrogens is 254 g/mol. The maximum absolute atomic E-state index is 11.7. The van der Waals surface area contributed by atoms with E-state index in [9.17, 15) is 4.79 Å². The van der Waals surface area contributed by atoms with Crippen molar-refractivity contribution in [3.63, 3.8) is 0 Å². The number of anilines is 1. The van der Waals surface area contributed by atoms with E-state index < -0.39 is 0 Å². The minimum atomic E-state index is 0.0415. The first kappa shape index (κ1) is 13.3. The van der Waals surface area contributed by atoms with Crippen LogP contribution in [0, 0.1) is 0 Å². The van der Waals surface area contributed by atoms with Crippen LogP contribution in [0.5, 0.6) is 0 Å². The molecule has 108 valence electrons. The van der Waals surface area contributed by atoms with Crippen LogP contribution in [0.4, 0.5) is 5.82 Å². The third kappa shape index (κ3) is 2.24. The monoisotopic (exact) mass is 275 g/mol. The molecule has 0 spiro atoms. The SMILES string of the molecule is CNc1nc([C@@H]2CCCN2C(C)=O)nc2c1CNCC2. The largest absolute Gasteiger partial charge is 0.373 e. The number of hydrogen-bond acceptors (Lipinski definition) is 5. The highest BCUT2D eigenvalue weighted by Gasteiger charge is 2.31. The van der Waals surface area contributed by atoms with Crippen LogP contribution in [0.25, 0.3) is 0 Å². The number of likely N-dealkylation sites (tertiary alicyclic amines) is 1. The summed E-state index contributed by atoms with van der Waals surface area (Å²) >= 11 is 0. The number of aromatic nitrogens is 2. The summed E-state index contributed by atoms with van der Waals surface area (Å²) in [6.07, 6.45) is 2.91. The quantitative estimate of drug-likeness (QED) is 0.837. The predicted octanol–water partition coefficient (Wildman–Crippen LogP) is 0.847. The van der Waals surface area contributed by atoms with Crippen LogP contribution >= 0.6 is 0 Å². The van der Waals surface area contributed by atoms with E-state index in [4.69, 9.17) is 4.98 Å². The molecule has 1 saturated heterocycles. The van der Waals surface area contributed by atoms with Crippen molar-refractivity contribution in [1.82, 2.24) is 20.2 Å². The standard InChI is InChI=1S/C14H21N5O/c1-9(20)19-7-3-4-12(19)14-17-11-5-6-16-8-10(11)13(15-2)18-14/h12,16H,3-8H2,1-2H3,(H,15,17,18)/t12-/m0/s1. The first-order valence-corrected chi connectivity index (χ1v) is 7.26. The number of hydrogen-bond donors (Lipinski definition) is 2. The second-order valence-electron chi connectivity index (χ2n) is 5.40. The van der Waals surface area contributed by atoms with Gasteiger partial charge >= 0.3 is 0 Å². The lowest BCUT2D eigenvalue weighted by Gasteiger charge is -2.25. The highest BCUT2D eigenvalue weighted by atomic mass is 16.2. The van der Waals surface area contributed by atoms with Gasteiger partial charge in [-0.1, -0.05) is 0 Å². The minimum absolute atomic E-state index is 0.0415. The van der Waals surface area contributed by atoms with Crippen molar-refractivity contribution in [3.8, 4) is 0 Å². The predicted molar refractivity (Wildman–Crippen MR) is 76.4 cm³/mol. The zero-order valence-corrected chi connectivity index (χ0v) is 12.1. The summed E-state index contributed by atoms with van der Waals surface area (Å²) in [5, 5.41) is 6.52. The molecule has 0 aliphatic carbocycles.